The molecule has 1 atom stereocenters. The van der Waals surface area contributed by atoms with Crippen LogP contribution in [0, 0.1) is 0 Å². The lowest BCUT2D eigenvalue weighted by Gasteiger charge is -2.07. The molecule has 0 aliphatic heterocycles. The number of ether oxygens (including phenoxy) is 1. The molecule has 0 aromatic carbocycles. The largest absolute Gasteiger partial charge is 0.469 e. The summed E-state index contributed by atoms with van der Waals surface area (Å²) in [5.41, 5.74) is 5.74. The highest BCUT2D eigenvalue weighted by Crippen LogP contribution is 2.28. The van der Waals surface area contributed by atoms with Crippen LogP contribution < -0.4 is 5.73 Å². The quantitative estimate of drug-likeness (QED) is 0.791. The van der Waals surface area contributed by atoms with Gasteiger partial charge in [0.2, 0.25) is 0 Å². The van der Waals surface area contributed by atoms with Crippen molar-refractivity contribution in [3.05, 3.63) is 21.3 Å². The van der Waals surface area contributed by atoms with E-state index < -0.39 is 0 Å². The van der Waals surface area contributed by atoms with Crippen LogP contribution in [0.15, 0.2) is 11.4 Å². The van der Waals surface area contributed by atoms with E-state index in [-0.39, 0.29) is 18.4 Å². The first-order valence-corrected chi connectivity index (χ1v) is 4.96. The zero-order valence-corrected chi connectivity index (χ0v) is 8.69. The fraction of sp³-hybridized carbons (Fsp3) is 0.375. The topological polar surface area (TPSA) is 52.3 Å². The number of hydrogen-bond acceptors (Lipinski definition) is 4. The Hall–Kier alpha value is -0.580. The lowest BCUT2D eigenvalue weighted by atomic mass is 10.2. The Labute approximate surface area is 85.4 Å². The molecule has 5 heteroatoms. The Morgan fingerprint density at radius 1 is 1.85 bits per heavy atom. The molecule has 0 aliphatic carbocycles. The van der Waals surface area contributed by atoms with E-state index in [1.165, 1.54) is 18.4 Å². The number of rotatable bonds is 3. The monoisotopic (exact) mass is 219 g/mol. The first-order valence-electron chi connectivity index (χ1n) is 3.70. The van der Waals surface area contributed by atoms with Crippen molar-refractivity contribution in [1.29, 1.82) is 0 Å². The van der Waals surface area contributed by atoms with Crippen molar-refractivity contribution in [1.82, 2.24) is 0 Å². The molecule has 0 bridgehead atoms. The smallest absolute Gasteiger partial charge is 0.307 e. The van der Waals surface area contributed by atoms with Crippen LogP contribution in [0.4, 0.5) is 0 Å². The molecule has 72 valence electrons. The number of halogens is 1. The van der Waals surface area contributed by atoms with Crippen molar-refractivity contribution in [2.24, 2.45) is 5.73 Å². The molecule has 0 saturated carbocycles. The summed E-state index contributed by atoms with van der Waals surface area (Å²) in [4.78, 5) is 11.7. The summed E-state index contributed by atoms with van der Waals surface area (Å²) in [5, 5.41) is 2.45. The highest BCUT2D eigenvalue weighted by molar-refractivity contribution is 7.10. The van der Waals surface area contributed by atoms with Crippen LogP contribution in [-0.4, -0.2) is 13.1 Å². The third kappa shape index (κ3) is 2.69. The molecule has 0 amide bonds. The van der Waals surface area contributed by atoms with Crippen LogP contribution >= 0.6 is 22.9 Å². The van der Waals surface area contributed by atoms with Crippen LogP contribution in [-0.2, 0) is 9.53 Å². The maximum atomic E-state index is 10.9. The standard InChI is InChI=1S/C8H10ClNO2S/c1-12-7(11)4-6(10)8-5(9)2-3-13-8/h2-3,6H,4,10H2,1H3. The predicted octanol–water partition coefficient (Wildman–Crippen LogP) is 1.96. The molecular formula is C8H10ClNO2S. The van der Waals surface area contributed by atoms with Gasteiger partial charge in [-0.1, -0.05) is 11.6 Å². The third-order valence-corrected chi connectivity index (χ3v) is 3.09. The molecule has 0 spiro atoms. The Bertz CT molecular complexity index is 300. The van der Waals surface area contributed by atoms with Crippen LogP contribution in [0.5, 0.6) is 0 Å². The normalized spacial score (nSPS) is 12.5. The van der Waals surface area contributed by atoms with Crippen LogP contribution in [0.2, 0.25) is 5.02 Å². The van der Waals surface area contributed by atoms with E-state index in [4.69, 9.17) is 17.3 Å². The second-order valence-electron chi connectivity index (χ2n) is 2.52. The second-order valence-corrected chi connectivity index (χ2v) is 3.87. The van der Waals surface area contributed by atoms with Gasteiger partial charge in [-0.05, 0) is 11.4 Å². The van der Waals surface area contributed by atoms with Crippen molar-refractivity contribution in [3.8, 4) is 0 Å². The van der Waals surface area contributed by atoms with Crippen LogP contribution in [0.3, 0.4) is 0 Å². The first kappa shape index (κ1) is 10.5. The predicted molar refractivity (Wildman–Crippen MR) is 52.9 cm³/mol. The van der Waals surface area contributed by atoms with E-state index in [1.807, 2.05) is 5.38 Å². The van der Waals surface area contributed by atoms with Gasteiger partial charge in [0.15, 0.2) is 0 Å². The average Bonchev–Trinajstić information content (AvgIpc) is 2.51. The van der Waals surface area contributed by atoms with Gasteiger partial charge in [0.1, 0.15) is 0 Å². The fourth-order valence-corrected chi connectivity index (χ4v) is 2.13. The van der Waals surface area contributed by atoms with Gasteiger partial charge < -0.3 is 10.5 Å². The first-order chi connectivity index (χ1) is 6.15. The van der Waals surface area contributed by atoms with E-state index in [1.54, 1.807) is 6.07 Å². The molecule has 0 radical (unpaired) electrons. The Balaban J connectivity index is 2.63. The number of methoxy groups -OCH3 is 1. The molecule has 0 fully saturated rings. The molecule has 0 saturated heterocycles. The number of carbonyl (C=O) groups is 1. The minimum Gasteiger partial charge on any atom is -0.469 e. The lowest BCUT2D eigenvalue weighted by molar-refractivity contribution is -0.141. The molecule has 1 aromatic heterocycles. The highest BCUT2D eigenvalue weighted by atomic mass is 35.5. The van der Waals surface area contributed by atoms with Gasteiger partial charge in [-0.3, -0.25) is 4.79 Å². The van der Waals surface area contributed by atoms with Crippen LogP contribution in [0.1, 0.15) is 17.3 Å². The zero-order valence-electron chi connectivity index (χ0n) is 7.12. The molecule has 1 unspecified atom stereocenters. The summed E-state index contributed by atoms with van der Waals surface area (Å²) in [6, 6.07) is 1.40. The van der Waals surface area contributed by atoms with E-state index >= 15 is 0 Å². The number of esters is 1. The molecule has 2 N–H and O–H groups in total. The van der Waals surface area contributed by atoms with Crippen molar-refractivity contribution in [2.75, 3.05) is 7.11 Å². The molecule has 1 heterocycles. The van der Waals surface area contributed by atoms with Gasteiger partial charge in [0, 0.05) is 4.88 Å². The third-order valence-electron chi connectivity index (χ3n) is 1.60. The summed E-state index contributed by atoms with van der Waals surface area (Å²) >= 11 is 7.28. The number of nitrogens with two attached hydrogens (primary N) is 1. The van der Waals surface area contributed by atoms with E-state index in [9.17, 15) is 4.79 Å². The van der Waals surface area contributed by atoms with Gasteiger partial charge in [-0.25, -0.2) is 0 Å². The van der Waals surface area contributed by atoms with E-state index in [2.05, 4.69) is 4.74 Å². The summed E-state index contributed by atoms with van der Waals surface area (Å²) in [6.45, 7) is 0. The Morgan fingerprint density at radius 3 is 3.00 bits per heavy atom. The average molecular weight is 220 g/mol. The van der Waals surface area contributed by atoms with Crippen molar-refractivity contribution < 1.29 is 9.53 Å². The maximum absolute atomic E-state index is 10.9. The number of carbonyl (C=O) groups excluding carboxylic acids is 1. The number of thiophene rings is 1. The van der Waals surface area contributed by atoms with Gasteiger partial charge >= 0.3 is 5.97 Å². The maximum Gasteiger partial charge on any atom is 0.307 e. The van der Waals surface area contributed by atoms with Crippen molar-refractivity contribution in [3.63, 3.8) is 0 Å². The molecule has 13 heavy (non-hydrogen) atoms. The van der Waals surface area contributed by atoms with Crippen molar-refractivity contribution >= 4 is 28.9 Å². The summed E-state index contributed by atoms with van der Waals surface area (Å²) in [7, 11) is 1.34. The fourth-order valence-electron chi connectivity index (χ4n) is 0.926. The lowest BCUT2D eigenvalue weighted by Crippen LogP contribution is -2.15. The minimum atomic E-state index is -0.361. The molecular weight excluding hydrogens is 210 g/mol. The van der Waals surface area contributed by atoms with E-state index in [0.29, 0.717) is 5.02 Å². The molecule has 0 aliphatic rings. The van der Waals surface area contributed by atoms with Gasteiger partial charge in [0.25, 0.3) is 0 Å². The summed E-state index contributed by atoms with van der Waals surface area (Å²) in [6.07, 6.45) is 0.163. The number of hydrogen-bond donors (Lipinski definition) is 1. The van der Waals surface area contributed by atoms with Gasteiger partial charge in [0.05, 0.1) is 24.6 Å². The SMILES string of the molecule is COC(=O)CC(N)c1sccc1Cl. The summed E-state index contributed by atoms with van der Waals surface area (Å²) < 4.78 is 4.50. The van der Waals surface area contributed by atoms with Crippen molar-refractivity contribution in [2.45, 2.75) is 12.5 Å². The van der Waals surface area contributed by atoms with Gasteiger partial charge in [-0.15, -0.1) is 11.3 Å². The molecule has 1 rings (SSSR count). The summed E-state index contributed by atoms with van der Waals surface area (Å²) in [5.74, 6) is -0.322. The molecule has 1 aromatic rings. The Kier molecular flexibility index (Phi) is 3.71. The van der Waals surface area contributed by atoms with Crippen LogP contribution in [0.25, 0.3) is 0 Å². The molecule has 3 nitrogen and oxygen atoms in total. The second kappa shape index (κ2) is 4.60. The highest BCUT2D eigenvalue weighted by Gasteiger charge is 2.15. The minimum absolute atomic E-state index is 0.163. The Morgan fingerprint density at radius 2 is 2.54 bits per heavy atom. The van der Waals surface area contributed by atoms with E-state index in [0.717, 1.165) is 4.88 Å². The van der Waals surface area contributed by atoms with Gasteiger partial charge in [-0.2, -0.15) is 0 Å². The zero-order chi connectivity index (χ0) is 9.84.